The predicted molar refractivity (Wildman–Crippen MR) is 122 cm³/mol. The average molecular weight is 474 g/mol. The number of halogens is 4. The minimum atomic E-state index is -0.0416. The quantitative estimate of drug-likeness (QED) is 0.409. The smallest absolute Gasteiger partial charge is 0.123 e. The van der Waals surface area contributed by atoms with Gasteiger partial charge in [-0.3, -0.25) is 9.80 Å². The summed E-state index contributed by atoms with van der Waals surface area (Å²) in [5.41, 5.74) is 1.44. The van der Waals surface area contributed by atoms with Crippen molar-refractivity contribution in [3.05, 3.63) is 23.3 Å². The van der Waals surface area contributed by atoms with Crippen LogP contribution in [0.4, 0.5) is 0 Å². The topological polar surface area (TPSA) is 46.9 Å². The third-order valence-corrected chi connectivity index (χ3v) is 4.66. The van der Waals surface area contributed by atoms with Crippen LogP contribution in [0.25, 0.3) is 0 Å². The van der Waals surface area contributed by atoms with Crippen LogP contribution in [-0.2, 0) is 13.1 Å². The number of benzene rings is 1. The summed E-state index contributed by atoms with van der Waals surface area (Å²) in [6, 6.07) is 3.23. The van der Waals surface area contributed by atoms with E-state index in [4.69, 9.17) is 46.4 Å². The van der Waals surface area contributed by atoms with Crippen molar-refractivity contribution < 1.29 is 10.2 Å². The molecule has 0 heterocycles. The maximum absolute atomic E-state index is 10.3. The molecule has 0 saturated carbocycles. The lowest BCUT2D eigenvalue weighted by Gasteiger charge is -2.27. The van der Waals surface area contributed by atoms with Gasteiger partial charge in [-0.2, -0.15) is 0 Å². The van der Waals surface area contributed by atoms with E-state index >= 15 is 0 Å². The second kappa shape index (κ2) is 12.6. The fourth-order valence-corrected chi connectivity index (χ4v) is 4.02. The summed E-state index contributed by atoms with van der Waals surface area (Å²) >= 11 is 24.7. The summed E-state index contributed by atoms with van der Waals surface area (Å²) < 4.78 is 0. The molecule has 2 N–H and O–H groups in total. The van der Waals surface area contributed by atoms with Gasteiger partial charge in [0.25, 0.3) is 0 Å². The molecule has 1 rings (SSSR count). The van der Waals surface area contributed by atoms with Crippen LogP contribution >= 0.6 is 46.4 Å². The molecule has 1 aromatic rings. The number of rotatable bonds is 12. The van der Waals surface area contributed by atoms with Gasteiger partial charge in [0, 0.05) is 78.0 Å². The molecule has 4 atom stereocenters. The predicted octanol–water partition coefficient (Wildman–Crippen LogP) is 5.21. The monoisotopic (exact) mass is 472 g/mol. The Hall–Kier alpha value is -0.100. The highest BCUT2D eigenvalue weighted by atomic mass is 35.5. The van der Waals surface area contributed by atoms with Crippen LogP contribution in [0.15, 0.2) is 12.1 Å². The zero-order valence-electron chi connectivity index (χ0n) is 17.0. The van der Waals surface area contributed by atoms with Crippen molar-refractivity contribution in [3.63, 3.8) is 0 Å². The molecule has 28 heavy (non-hydrogen) atoms. The van der Waals surface area contributed by atoms with Gasteiger partial charge in [0.1, 0.15) is 11.5 Å². The molecule has 0 radical (unpaired) electrons. The zero-order valence-corrected chi connectivity index (χ0v) is 20.0. The van der Waals surface area contributed by atoms with Crippen LogP contribution in [0, 0.1) is 0 Å². The van der Waals surface area contributed by atoms with Crippen LogP contribution in [-0.4, -0.2) is 67.7 Å². The van der Waals surface area contributed by atoms with Crippen molar-refractivity contribution >= 4 is 46.4 Å². The second-order valence-corrected chi connectivity index (χ2v) is 10.6. The molecule has 162 valence electrons. The number of phenolic OH excluding ortho intramolecular Hbond substituents is 2. The van der Waals surface area contributed by atoms with Crippen LogP contribution in [0.3, 0.4) is 0 Å². The second-order valence-electron chi connectivity index (χ2n) is 7.62. The molecule has 0 amide bonds. The van der Waals surface area contributed by atoms with Gasteiger partial charge in [0.2, 0.25) is 0 Å². The summed E-state index contributed by atoms with van der Waals surface area (Å²) in [5.74, 6) is 0.109. The van der Waals surface area contributed by atoms with Gasteiger partial charge >= 0.3 is 0 Å². The van der Waals surface area contributed by atoms with Crippen LogP contribution in [0.1, 0.15) is 38.8 Å². The van der Waals surface area contributed by atoms with Gasteiger partial charge < -0.3 is 10.2 Å². The molecule has 4 unspecified atom stereocenters. The van der Waals surface area contributed by atoms with E-state index in [0.29, 0.717) is 39.3 Å². The molecule has 0 spiro atoms. The Balaban J connectivity index is 3.05. The molecular weight excluding hydrogens is 442 g/mol. The Morgan fingerprint density at radius 2 is 0.929 bits per heavy atom. The molecular formula is C20H32Cl4N2O2. The van der Waals surface area contributed by atoms with Gasteiger partial charge in [-0.25, -0.2) is 0 Å². The highest BCUT2D eigenvalue weighted by molar-refractivity contribution is 6.21. The molecule has 0 fully saturated rings. The lowest BCUT2D eigenvalue weighted by Crippen LogP contribution is -2.33. The molecule has 4 nitrogen and oxygen atoms in total. The highest BCUT2D eigenvalue weighted by Gasteiger charge is 2.18. The SMILES string of the molecule is CC(Cl)CN(Cc1cc(CN(CC(C)Cl)CC(C)Cl)c(O)cc1O)CC(C)Cl. The Labute approximate surface area is 189 Å². The Morgan fingerprint density at radius 3 is 1.18 bits per heavy atom. The van der Waals surface area contributed by atoms with Gasteiger partial charge in [-0.05, 0) is 33.8 Å². The normalized spacial score (nSPS) is 16.4. The molecule has 0 aliphatic heterocycles. The van der Waals surface area contributed by atoms with E-state index in [0.717, 1.165) is 11.1 Å². The van der Waals surface area contributed by atoms with E-state index in [1.54, 1.807) is 0 Å². The third-order valence-electron chi connectivity index (χ3n) is 4.11. The minimum absolute atomic E-state index is 0.0416. The molecule has 1 aromatic carbocycles. The summed E-state index contributed by atoms with van der Waals surface area (Å²) in [4.78, 5) is 4.20. The first kappa shape index (κ1) is 25.9. The lowest BCUT2D eigenvalue weighted by atomic mass is 10.1. The lowest BCUT2D eigenvalue weighted by molar-refractivity contribution is 0.260. The molecule has 0 aliphatic carbocycles. The van der Waals surface area contributed by atoms with E-state index in [1.165, 1.54) is 6.07 Å². The van der Waals surface area contributed by atoms with Gasteiger partial charge in [0.05, 0.1) is 0 Å². The Bertz CT molecular complexity index is 531. The third kappa shape index (κ3) is 10.1. The fourth-order valence-electron chi connectivity index (χ4n) is 3.24. The van der Waals surface area contributed by atoms with Crippen LogP contribution < -0.4 is 0 Å². The number of hydrogen-bond acceptors (Lipinski definition) is 4. The van der Waals surface area contributed by atoms with Crippen molar-refractivity contribution in [3.8, 4) is 11.5 Å². The summed E-state index contributed by atoms with van der Waals surface area (Å²) in [7, 11) is 0. The van der Waals surface area contributed by atoms with Gasteiger partial charge in [0.15, 0.2) is 0 Å². The maximum atomic E-state index is 10.3. The summed E-state index contributed by atoms with van der Waals surface area (Å²) in [6.45, 7) is 11.3. The fraction of sp³-hybridized carbons (Fsp3) is 0.700. The van der Waals surface area contributed by atoms with Crippen molar-refractivity contribution in [1.29, 1.82) is 0 Å². The van der Waals surface area contributed by atoms with E-state index in [-0.39, 0.29) is 33.0 Å². The molecule has 0 aliphatic rings. The van der Waals surface area contributed by atoms with Gasteiger partial charge in [-0.1, -0.05) is 0 Å². The number of aromatic hydroxyl groups is 2. The summed E-state index contributed by atoms with van der Waals surface area (Å²) in [6.07, 6.45) is 0. The van der Waals surface area contributed by atoms with E-state index in [2.05, 4.69) is 9.80 Å². The number of nitrogens with zero attached hydrogens (tertiary/aromatic N) is 2. The Morgan fingerprint density at radius 1 is 0.643 bits per heavy atom. The molecule has 0 bridgehead atoms. The van der Waals surface area contributed by atoms with Crippen molar-refractivity contribution in [2.45, 2.75) is 62.3 Å². The number of hydrogen-bond donors (Lipinski definition) is 2. The van der Waals surface area contributed by atoms with Crippen molar-refractivity contribution in [2.75, 3.05) is 26.2 Å². The zero-order chi connectivity index (χ0) is 21.4. The first-order valence-electron chi connectivity index (χ1n) is 9.52. The van der Waals surface area contributed by atoms with Crippen LogP contribution in [0.2, 0.25) is 0 Å². The molecule has 0 aromatic heterocycles. The maximum Gasteiger partial charge on any atom is 0.123 e. The van der Waals surface area contributed by atoms with E-state index in [1.807, 2.05) is 33.8 Å². The molecule has 8 heteroatoms. The van der Waals surface area contributed by atoms with Crippen molar-refractivity contribution in [2.24, 2.45) is 0 Å². The average Bonchev–Trinajstić information content (AvgIpc) is 2.49. The largest absolute Gasteiger partial charge is 0.507 e. The number of phenols is 2. The van der Waals surface area contributed by atoms with Gasteiger partial charge in [-0.15, -0.1) is 46.4 Å². The van der Waals surface area contributed by atoms with Crippen molar-refractivity contribution in [1.82, 2.24) is 9.80 Å². The summed E-state index contributed by atoms with van der Waals surface area (Å²) in [5, 5.41) is 20.5. The molecule has 0 saturated heterocycles. The highest BCUT2D eigenvalue weighted by Crippen LogP contribution is 2.30. The number of alkyl halides is 4. The Kier molecular flexibility index (Phi) is 11.6. The van der Waals surface area contributed by atoms with Crippen LogP contribution in [0.5, 0.6) is 11.5 Å². The standard InChI is InChI=1S/C20H32Cl4N2O2/c1-13(21)7-25(8-14(2)22)11-17-5-18(20(28)6-19(17)27)12-26(9-15(3)23)10-16(4)24/h5-6,13-16,27-28H,7-12H2,1-4H3. The first-order valence-corrected chi connectivity index (χ1v) is 11.3. The first-order chi connectivity index (χ1) is 13.0. The minimum Gasteiger partial charge on any atom is -0.507 e. The van der Waals surface area contributed by atoms with E-state index < -0.39 is 0 Å². The van der Waals surface area contributed by atoms with E-state index in [9.17, 15) is 10.2 Å².